The average Bonchev–Trinajstić information content (AvgIpc) is 3.10. The molecule has 0 bridgehead atoms. The quantitative estimate of drug-likeness (QED) is 0.573. The monoisotopic (exact) mass is 363 g/mol. The third-order valence-electron chi connectivity index (χ3n) is 3.72. The Labute approximate surface area is 149 Å². The number of aliphatic imine (C=N–C) groups is 1. The molecule has 0 saturated carbocycles. The van der Waals surface area contributed by atoms with Crippen molar-refractivity contribution < 1.29 is 8.42 Å². The van der Waals surface area contributed by atoms with Crippen LogP contribution in [0.1, 0.15) is 18.9 Å². The smallest absolute Gasteiger partial charge is 0.191 e. The van der Waals surface area contributed by atoms with Crippen LogP contribution in [-0.4, -0.2) is 49.3 Å². The van der Waals surface area contributed by atoms with Crippen molar-refractivity contribution in [1.29, 1.82) is 0 Å². The van der Waals surface area contributed by atoms with E-state index < -0.39 is 9.84 Å². The Morgan fingerprint density at radius 2 is 2.08 bits per heavy atom. The molecule has 1 aromatic heterocycles. The zero-order valence-electron chi connectivity index (χ0n) is 14.8. The summed E-state index contributed by atoms with van der Waals surface area (Å²) >= 11 is 0. The van der Waals surface area contributed by atoms with Gasteiger partial charge in [0, 0.05) is 38.3 Å². The second-order valence-electron chi connectivity index (χ2n) is 5.97. The van der Waals surface area contributed by atoms with Gasteiger partial charge in [0.05, 0.1) is 11.4 Å². The molecule has 0 aliphatic heterocycles. The zero-order chi connectivity index (χ0) is 18.3. The summed E-state index contributed by atoms with van der Waals surface area (Å²) in [4.78, 5) is 4.20. The molecule has 1 unspecified atom stereocenters. The van der Waals surface area contributed by atoms with Gasteiger partial charge in [0.1, 0.15) is 9.84 Å². The van der Waals surface area contributed by atoms with E-state index >= 15 is 0 Å². The number of hydrogen-bond donors (Lipinski definition) is 2. The fraction of sp³-hybridized carbons (Fsp3) is 0.412. The Bertz CT molecular complexity index is 800. The van der Waals surface area contributed by atoms with Crippen molar-refractivity contribution in [3.63, 3.8) is 0 Å². The van der Waals surface area contributed by atoms with E-state index in [1.165, 1.54) is 6.26 Å². The number of aromatic nitrogens is 2. The maximum absolute atomic E-state index is 11.3. The maximum atomic E-state index is 11.3. The van der Waals surface area contributed by atoms with Crippen LogP contribution in [0.15, 0.2) is 47.7 Å². The number of rotatable bonds is 7. The number of nitrogens with zero attached hydrogens (tertiary/aromatic N) is 3. The molecular formula is C17H25N5O2S. The first-order chi connectivity index (χ1) is 11.9. The van der Waals surface area contributed by atoms with E-state index in [4.69, 9.17) is 0 Å². The van der Waals surface area contributed by atoms with Crippen LogP contribution in [0.3, 0.4) is 0 Å². The van der Waals surface area contributed by atoms with Gasteiger partial charge in [0.2, 0.25) is 0 Å². The Hall–Kier alpha value is -2.35. The van der Waals surface area contributed by atoms with Crippen molar-refractivity contribution in [2.45, 2.75) is 25.9 Å². The minimum Gasteiger partial charge on any atom is -0.354 e. The average molecular weight is 363 g/mol. The number of benzene rings is 1. The van der Waals surface area contributed by atoms with Gasteiger partial charge in [-0.25, -0.2) is 13.1 Å². The van der Waals surface area contributed by atoms with Gasteiger partial charge in [-0.2, -0.15) is 5.10 Å². The molecule has 1 aromatic carbocycles. The van der Waals surface area contributed by atoms with E-state index in [9.17, 15) is 8.42 Å². The molecule has 8 heteroatoms. The molecule has 2 rings (SSSR count). The molecule has 0 amide bonds. The number of nitrogens with one attached hydrogen (secondary N) is 2. The maximum Gasteiger partial charge on any atom is 0.191 e. The molecule has 0 radical (unpaired) electrons. The highest BCUT2D eigenvalue weighted by Crippen LogP contribution is 2.13. The Morgan fingerprint density at radius 3 is 2.72 bits per heavy atom. The van der Waals surface area contributed by atoms with Crippen LogP contribution in [-0.2, 0) is 16.4 Å². The summed E-state index contributed by atoms with van der Waals surface area (Å²) in [7, 11) is -1.27. The molecule has 0 aliphatic rings. The minimum atomic E-state index is -2.96. The zero-order valence-corrected chi connectivity index (χ0v) is 15.6. The summed E-state index contributed by atoms with van der Waals surface area (Å²) in [5.41, 5.74) is 2.08. The summed E-state index contributed by atoms with van der Waals surface area (Å²) in [6, 6.07) is 9.88. The van der Waals surface area contributed by atoms with Crippen LogP contribution < -0.4 is 10.6 Å². The van der Waals surface area contributed by atoms with Gasteiger partial charge < -0.3 is 10.6 Å². The fourth-order valence-corrected chi connectivity index (χ4v) is 3.15. The lowest BCUT2D eigenvalue weighted by Gasteiger charge is -2.18. The van der Waals surface area contributed by atoms with Crippen LogP contribution in [0.5, 0.6) is 0 Å². The molecule has 2 aromatic rings. The van der Waals surface area contributed by atoms with E-state index in [1.54, 1.807) is 13.2 Å². The third-order valence-corrected chi connectivity index (χ3v) is 4.69. The number of hydrogen-bond acceptors (Lipinski definition) is 4. The fourth-order valence-electron chi connectivity index (χ4n) is 2.37. The van der Waals surface area contributed by atoms with E-state index in [0.29, 0.717) is 18.9 Å². The van der Waals surface area contributed by atoms with Gasteiger partial charge in [-0.15, -0.1) is 0 Å². The topological polar surface area (TPSA) is 88.4 Å². The van der Waals surface area contributed by atoms with Gasteiger partial charge in [0.25, 0.3) is 0 Å². The van der Waals surface area contributed by atoms with Gasteiger partial charge >= 0.3 is 0 Å². The molecular weight excluding hydrogens is 338 g/mol. The van der Waals surface area contributed by atoms with Gasteiger partial charge in [0.15, 0.2) is 5.96 Å². The second kappa shape index (κ2) is 8.66. The van der Waals surface area contributed by atoms with E-state index in [1.807, 2.05) is 48.1 Å². The summed E-state index contributed by atoms with van der Waals surface area (Å²) in [6.07, 6.45) is 5.43. The minimum absolute atomic E-state index is 0.00211. The first-order valence-electron chi connectivity index (χ1n) is 8.12. The van der Waals surface area contributed by atoms with Gasteiger partial charge in [-0.3, -0.25) is 4.99 Å². The van der Waals surface area contributed by atoms with Crippen LogP contribution in [0.2, 0.25) is 0 Å². The molecule has 7 nitrogen and oxygen atoms in total. The normalized spacial score (nSPS) is 13.5. The van der Waals surface area contributed by atoms with Crippen LogP contribution >= 0.6 is 0 Å². The van der Waals surface area contributed by atoms with Crippen molar-refractivity contribution in [3.8, 4) is 5.69 Å². The number of sulfone groups is 1. The van der Waals surface area contributed by atoms with Crippen molar-refractivity contribution in [2.75, 3.05) is 19.1 Å². The molecule has 2 N–H and O–H groups in total. The van der Waals surface area contributed by atoms with Crippen LogP contribution in [0.4, 0.5) is 0 Å². The molecule has 0 saturated heterocycles. The molecule has 0 spiro atoms. The van der Waals surface area contributed by atoms with Crippen molar-refractivity contribution in [2.24, 2.45) is 4.99 Å². The van der Waals surface area contributed by atoms with Crippen LogP contribution in [0, 0.1) is 0 Å². The van der Waals surface area contributed by atoms with E-state index in [2.05, 4.69) is 20.7 Å². The lowest BCUT2D eigenvalue weighted by atomic mass is 10.2. The Morgan fingerprint density at radius 1 is 1.32 bits per heavy atom. The molecule has 1 atom stereocenters. The highest BCUT2D eigenvalue weighted by atomic mass is 32.2. The van der Waals surface area contributed by atoms with Crippen LogP contribution in [0.25, 0.3) is 5.69 Å². The molecule has 0 fully saturated rings. The molecule has 25 heavy (non-hydrogen) atoms. The van der Waals surface area contributed by atoms with Gasteiger partial charge in [-0.1, -0.05) is 18.2 Å². The van der Waals surface area contributed by atoms with Crippen molar-refractivity contribution in [1.82, 2.24) is 20.4 Å². The SMILES string of the molecule is CN=C(NCc1ccccc1-n1cccn1)NC(C)CCS(C)(=O)=O. The first kappa shape index (κ1) is 19.0. The van der Waals surface area contributed by atoms with Crippen molar-refractivity contribution in [3.05, 3.63) is 48.3 Å². The highest BCUT2D eigenvalue weighted by Gasteiger charge is 2.10. The Balaban J connectivity index is 1.96. The predicted octanol–water partition coefficient (Wildman–Crippen LogP) is 1.36. The lowest BCUT2D eigenvalue weighted by Crippen LogP contribution is -2.42. The van der Waals surface area contributed by atoms with E-state index in [0.717, 1.165) is 11.3 Å². The molecule has 0 aliphatic carbocycles. The predicted molar refractivity (Wildman–Crippen MR) is 101 cm³/mol. The number of guanidine groups is 1. The van der Waals surface area contributed by atoms with Gasteiger partial charge in [-0.05, 0) is 31.0 Å². The second-order valence-corrected chi connectivity index (χ2v) is 8.23. The summed E-state index contributed by atoms with van der Waals surface area (Å²) in [5, 5.41) is 10.8. The highest BCUT2D eigenvalue weighted by molar-refractivity contribution is 7.90. The summed E-state index contributed by atoms with van der Waals surface area (Å²) in [6.45, 7) is 2.52. The standard InChI is InChI=1S/C17H25N5O2S/c1-14(9-12-25(3,23)24)21-17(18-2)19-13-15-7-4-5-8-16(15)22-11-6-10-20-22/h4-8,10-11,14H,9,12-13H2,1-3H3,(H2,18,19,21). The van der Waals surface area contributed by atoms with Crippen molar-refractivity contribution >= 4 is 15.8 Å². The summed E-state index contributed by atoms with van der Waals surface area (Å²) in [5.74, 6) is 0.789. The molecule has 136 valence electrons. The Kier molecular flexibility index (Phi) is 6.58. The number of para-hydroxylation sites is 1. The third kappa shape index (κ3) is 6.22. The lowest BCUT2D eigenvalue weighted by molar-refractivity contribution is 0.581. The van der Waals surface area contributed by atoms with E-state index in [-0.39, 0.29) is 11.8 Å². The largest absolute Gasteiger partial charge is 0.354 e. The first-order valence-corrected chi connectivity index (χ1v) is 10.2. The molecule has 1 heterocycles. The summed E-state index contributed by atoms with van der Waals surface area (Å²) < 4.78 is 24.4.